The third-order valence-electron chi connectivity index (χ3n) is 5.58. The van der Waals surface area contributed by atoms with E-state index in [1.807, 2.05) is 0 Å². The predicted molar refractivity (Wildman–Crippen MR) is 83.8 cm³/mol. The van der Waals surface area contributed by atoms with Crippen molar-refractivity contribution in [3.63, 3.8) is 0 Å². The zero-order valence-corrected chi connectivity index (χ0v) is 13.6. The van der Waals surface area contributed by atoms with Crippen molar-refractivity contribution in [1.82, 2.24) is 4.90 Å². The first-order valence-corrected chi connectivity index (χ1v) is 8.35. The molecule has 25 heavy (non-hydrogen) atoms. The molecule has 136 valence electrons. The standard InChI is InChI=1S/C18H20F3NO3/c19-18(20,21)13(12-4-2-1-3-5-12)10-15(23)22-8-6-17(7-9-22)11-14(17)16(24)25/h1-5,13-14H,6-11H2,(H,24,25). The Morgan fingerprint density at radius 3 is 2.28 bits per heavy atom. The maximum Gasteiger partial charge on any atom is 0.396 e. The van der Waals surface area contributed by atoms with Crippen molar-refractivity contribution < 1.29 is 27.9 Å². The Hall–Kier alpha value is -2.05. The van der Waals surface area contributed by atoms with Crippen LogP contribution in [-0.2, 0) is 9.59 Å². The summed E-state index contributed by atoms with van der Waals surface area (Å²) in [6.45, 7) is 0.671. The molecular weight excluding hydrogens is 335 g/mol. The number of alkyl halides is 3. The van der Waals surface area contributed by atoms with Crippen LogP contribution in [0, 0.1) is 11.3 Å². The summed E-state index contributed by atoms with van der Waals surface area (Å²) in [6.07, 6.45) is -3.38. The van der Waals surface area contributed by atoms with Crippen molar-refractivity contribution in [1.29, 1.82) is 0 Å². The van der Waals surface area contributed by atoms with E-state index in [0.717, 1.165) is 0 Å². The second-order valence-corrected chi connectivity index (χ2v) is 7.05. The number of nitrogens with zero attached hydrogens (tertiary/aromatic N) is 1. The Labute approximate surface area is 143 Å². The van der Waals surface area contributed by atoms with Crippen LogP contribution in [0.3, 0.4) is 0 Å². The maximum absolute atomic E-state index is 13.4. The number of carbonyl (C=O) groups excluding carboxylic acids is 1. The highest BCUT2D eigenvalue weighted by atomic mass is 19.4. The molecule has 1 spiro atoms. The Morgan fingerprint density at radius 2 is 1.80 bits per heavy atom. The van der Waals surface area contributed by atoms with Gasteiger partial charge in [0.25, 0.3) is 0 Å². The Morgan fingerprint density at radius 1 is 1.20 bits per heavy atom. The normalized spacial score (nSPS) is 23.3. The van der Waals surface area contributed by atoms with Crippen LogP contribution in [0.15, 0.2) is 30.3 Å². The minimum atomic E-state index is -4.49. The molecule has 1 aromatic rings. The minimum Gasteiger partial charge on any atom is -0.481 e. The van der Waals surface area contributed by atoms with Crippen molar-refractivity contribution >= 4 is 11.9 Å². The van der Waals surface area contributed by atoms with Crippen molar-refractivity contribution in [2.45, 2.75) is 37.8 Å². The van der Waals surface area contributed by atoms with Crippen LogP contribution in [0.4, 0.5) is 13.2 Å². The molecule has 1 aliphatic carbocycles. The summed E-state index contributed by atoms with van der Waals surface area (Å²) in [6, 6.07) is 7.47. The van der Waals surface area contributed by atoms with E-state index in [0.29, 0.717) is 32.4 Å². The van der Waals surface area contributed by atoms with Gasteiger partial charge < -0.3 is 10.0 Å². The first kappa shape index (κ1) is 17.8. The number of amides is 1. The van der Waals surface area contributed by atoms with Crippen LogP contribution in [0.25, 0.3) is 0 Å². The van der Waals surface area contributed by atoms with Crippen LogP contribution >= 0.6 is 0 Å². The number of aliphatic carboxylic acids is 1. The zero-order chi connectivity index (χ0) is 18.2. The Bertz CT molecular complexity index is 651. The lowest BCUT2D eigenvalue weighted by molar-refractivity contribution is -0.161. The van der Waals surface area contributed by atoms with Gasteiger partial charge >= 0.3 is 12.1 Å². The summed E-state index contributed by atoms with van der Waals surface area (Å²) in [4.78, 5) is 24.9. The molecule has 2 aliphatic rings. The average Bonchev–Trinajstić information content (AvgIpc) is 3.27. The molecule has 1 saturated heterocycles. The van der Waals surface area contributed by atoms with E-state index >= 15 is 0 Å². The summed E-state index contributed by atoms with van der Waals surface area (Å²) in [7, 11) is 0. The van der Waals surface area contributed by atoms with Crippen molar-refractivity contribution in [2.75, 3.05) is 13.1 Å². The molecule has 1 saturated carbocycles. The molecule has 3 rings (SSSR count). The number of rotatable bonds is 4. The molecule has 1 N–H and O–H groups in total. The SMILES string of the molecule is O=C(O)C1CC12CCN(C(=O)CC(c1ccccc1)C(F)(F)F)CC2. The number of carboxylic acids is 1. The zero-order valence-electron chi connectivity index (χ0n) is 13.6. The lowest BCUT2D eigenvalue weighted by Gasteiger charge is -2.34. The highest BCUT2D eigenvalue weighted by Crippen LogP contribution is 2.59. The number of carboxylic acid groups (broad SMARTS) is 1. The van der Waals surface area contributed by atoms with Crippen LogP contribution in [0.2, 0.25) is 0 Å². The van der Waals surface area contributed by atoms with Gasteiger partial charge in [-0.1, -0.05) is 30.3 Å². The topological polar surface area (TPSA) is 57.6 Å². The molecule has 2 fully saturated rings. The molecule has 4 nitrogen and oxygen atoms in total. The van der Waals surface area contributed by atoms with Gasteiger partial charge in [-0.15, -0.1) is 0 Å². The van der Waals surface area contributed by atoms with Gasteiger partial charge in [-0.2, -0.15) is 13.2 Å². The number of hydrogen-bond acceptors (Lipinski definition) is 2. The van der Waals surface area contributed by atoms with Gasteiger partial charge in [0.1, 0.15) is 0 Å². The van der Waals surface area contributed by atoms with E-state index < -0.39 is 30.4 Å². The molecule has 2 unspecified atom stereocenters. The van der Waals surface area contributed by atoms with E-state index in [1.165, 1.54) is 29.2 Å². The molecule has 2 atom stereocenters. The third kappa shape index (κ3) is 3.65. The van der Waals surface area contributed by atoms with Crippen LogP contribution < -0.4 is 0 Å². The van der Waals surface area contributed by atoms with E-state index in [-0.39, 0.29) is 16.9 Å². The van der Waals surface area contributed by atoms with E-state index in [4.69, 9.17) is 5.11 Å². The average molecular weight is 355 g/mol. The highest BCUT2D eigenvalue weighted by Gasteiger charge is 2.59. The number of hydrogen-bond donors (Lipinski definition) is 1. The summed E-state index contributed by atoms with van der Waals surface area (Å²) >= 11 is 0. The molecule has 0 aromatic heterocycles. The first-order valence-electron chi connectivity index (χ1n) is 8.35. The Kier molecular flexibility index (Phi) is 4.51. The van der Waals surface area contributed by atoms with Crippen molar-refractivity contribution in [3.05, 3.63) is 35.9 Å². The summed E-state index contributed by atoms with van der Waals surface area (Å²) in [5, 5.41) is 9.07. The molecule has 1 heterocycles. The fourth-order valence-electron chi connectivity index (χ4n) is 3.86. The van der Waals surface area contributed by atoms with E-state index in [2.05, 4.69) is 0 Å². The van der Waals surface area contributed by atoms with Gasteiger partial charge in [-0.25, -0.2) is 0 Å². The van der Waals surface area contributed by atoms with Gasteiger partial charge in [-0.05, 0) is 30.2 Å². The summed E-state index contributed by atoms with van der Waals surface area (Å²) < 4.78 is 40.1. The smallest absolute Gasteiger partial charge is 0.396 e. The van der Waals surface area contributed by atoms with Gasteiger partial charge in [0.05, 0.1) is 11.8 Å². The molecule has 1 aliphatic heterocycles. The lowest BCUT2D eigenvalue weighted by atomic mass is 9.89. The number of likely N-dealkylation sites (tertiary alicyclic amines) is 1. The number of halogens is 3. The second-order valence-electron chi connectivity index (χ2n) is 7.05. The largest absolute Gasteiger partial charge is 0.481 e. The molecule has 1 amide bonds. The third-order valence-corrected chi connectivity index (χ3v) is 5.58. The van der Waals surface area contributed by atoms with Gasteiger partial charge in [0.15, 0.2) is 0 Å². The van der Waals surface area contributed by atoms with Crippen molar-refractivity contribution in [2.24, 2.45) is 11.3 Å². The molecule has 0 radical (unpaired) electrons. The Balaban J connectivity index is 1.62. The monoisotopic (exact) mass is 355 g/mol. The molecule has 1 aromatic carbocycles. The predicted octanol–water partition coefficient (Wildman–Crippen LogP) is 3.44. The molecular formula is C18H20F3NO3. The first-order chi connectivity index (χ1) is 11.7. The quantitative estimate of drug-likeness (QED) is 0.900. The van der Waals surface area contributed by atoms with Crippen LogP contribution in [0.5, 0.6) is 0 Å². The number of piperidine rings is 1. The van der Waals surface area contributed by atoms with Gasteiger partial charge in [0, 0.05) is 19.5 Å². The second kappa shape index (κ2) is 6.35. The molecule has 7 heteroatoms. The summed E-state index contributed by atoms with van der Waals surface area (Å²) in [5.74, 6) is -3.52. The number of carbonyl (C=O) groups is 2. The highest BCUT2D eigenvalue weighted by molar-refractivity contribution is 5.78. The fourth-order valence-corrected chi connectivity index (χ4v) is 3.86. The van der Waals surface area contributed by atoms with E-state index in [1.54, 1.807) is 6.07 Å². The lowest BCUT2D eigenvalue weighted by Crippen LogP contribution is -2.41. The maximum atomic E-state index is 13.4. The van der Waals surface area contributed by atoms with Gasteiger partial charge in [0.2, 0.25) is 5.91 Å². The van der Waals surface area contributed by atoms with Gasteiger partial charge in [-0.3, -0.25) is 9.59 Å². The fraction of sp³-hybridized carbons (Fsp3) is 0.556. The van der Waals surface area contributed by atoms with Crippen molar-refractivity contribution in [3.8, 4) is 0 Å². The van der Waals surface area contributed by atoms with Crippen LogP contribution in [-0.4, -0.2) is 41.1 Å². The summed E-state index contributed by atoms with van der Waals surface area (Å²) in [5.41, 5.74) is -0.157. The number of benzene rings is 1. The molecule has 0 bridgehead atoms. The minimum absolute atomic E-state index is 0.0879. The van der Waals surface area contributed by atoms with Crippen LogP contribution in [0.1, 0.15) is 37.2 Å². The van der Waals surface area contributed by atoms with E-state index in [9.17, 15) is 22.8 Å².